The van der Waals surface area contributed by atoms with E-state index in [1.165, 1.54) is 55.2 Å². The Morgan fingerprint density at radius 2 is 1.08 bits per heavy atom. The van der Waals surface area contributed by atoms with E-state index in [-0.39, 0.29) is 62.7 Å². The molecule has 4 fully saturated rings. The zero-order valence-corrected chi connectivity index (χ0v) is 59.7. The fourth-order valence-electron chi connectivity index (χ4n) is 14.8. The van der Waals surface area contributed by atoms with Crippen molar-refractivity contribution in [3.63, 3.8) is 0 Å². The zero-order valence-electron chi connectivity index (χ0n) is 59.7. The Hall–Kier alpha value is -11.2. The molecule has 3 heterocycles. The van der Waals surface area contributed by atoms with Gasteiger partial charge < -0.3 is 33.9 Å². The Labute approximate surface area is 617 Å². The Morgan fingerprint density at radius 1 is 0.533 bits per heavy atom. The van der Waals surface area contributed by atoms with E-state index in [4.69, 9.17) is 39.1 Å². The number of methoxy groups -OCH3 is 2. The average molecular weight is 1450 g/mol. The number of likely N-dealkylation sites (tertiary alicyclic amines) is 1. The van der Waals surface area contributed by atoms with Crippen LogP contribution in [0.3, 0.4) is 0 Å². The summed E-state index contributed by atoms with van der Waals surface area (Å²) in [6.07, 6.45) is 6.16. The van der Waals surface area contributed by atoms with Crippen LogP contribution in [0.4, 0.5) is 8.78 Å². The molecule has 2 aromatic heterocycles. The molecule has 0 radical (unpaired) electrons. The summed E-state index contributed by atoms with van der Waals surface area (Å²) in [6.45, 7) is 6.09. The van der Waals surface area contributed by atoms with Gasteiger partial charge in [-0.1, -0.05) is 147 Å². The Morgan fingerprint density at radius 3 is 1.71 bits per heavy atom. The summed E-state index contributed by atoms with van der Waals surface area (Å²) in [5.41, 5.74) is 10.8. The maximum Gasteiger partial charge on any atom is 0.317 e. The molecule has 10 aromatic rings. The highest BCUT2D eigenvalue weighted by molar-refractivity contribution is 5.98. The van der Waals surface area contributed by atoms with Crippen molar-refractivity contribution in [3.8, 4) is 28.5 Å². The zero-order chi connectivity index (χ0) is 75.2. The van der Waals surface area contributed by atoms with Crippen LogP contribution in [-0.2, 0) is 82.6 Å². The molecule has 107 heavy (non-hydrogen) atoms. The normalized spacial score (nSPS) is 19.6. The molecule has 3 saturated carbocycles. The number of para-hydroxylation sites is 2. The first-order chi connectivity index (χ1) is 52.0. The number of piperidine rings is 1. The van der Waals surface area contributed by atoms with E-state index in [9.17, 15) is 38.4 Å². The van der Waals surface area contributed by atoms with Gasteiger partial charge in [-0.05, 0) is 158 Å². The standard InChI is InChI=1S/C35H37FN4O4.C25H25FN2O5.C24H23NO5/c36-29-19-24(21-35(22-28(35)33(41)39-43)34(42)37-15-18-40-16-7-2-8-17-40)13-14-32(29)44-23-26-20-31(25-9-3-1-4-10-25)38-30-12-6-5-11-27(26)30;1-3-17-11-16(18-6-4-5-7-21(18)27-17)14-33-22-9-8-15(10-20(22)26)12-25(24(30)32-2)13-19(25)23(29)28-31;1-29-23(27)24(15-21(24)22(26)25-28)18-9-5-10-19(14-18)30-13-12-17-8-4-7-16-6-2-3-11-20(16)17/h1,3-6,9-14,19-20,28,43H,2,7-8,15-18,21-23H2,(H,37,42)(H,39,41);4-11,19,31H,3,12-14H2,1-2H3,(H,28,29);2-11,14,21,28H,12-13,15H2,1H3,(H,25,26)/t28-,35+;19-,25+;21-,24-/m110/s1. The molecule has 1 saturated heterocycles. The summed E-state index contributed by atoms with van der Waals surface area (Å²) < 4.78 is 57.7. The Bertz CT molecular complexity index is 4900. The highest BCUT2D eigenvalue weighted by atomic mass is 19.1. The predicted molar refractivity (Wildman–Crippen MR) is 395 cm³/mol. The summed E-state index contributed by atoms with van der Waals surface area (Å²) in [5.74, 6) is -5.54. The van der Waals surface area contributed by atoms with Gasteiger partial charge in [0.05, 0.1) is 66.1 Å². The van der Waals surface area contributed by atoms with Crippen LogP contribution in [0.5, 0.6) is 17.2 Å². The third-order valence-electron chi connectivity index (χ3n) is 20.9. The molecule has 1 aliphatic heterocycles. The van der Waals surface area contributed by atoms with Gasteiger partial charge in [0.2, 0.25) is 23.6 Å². The van der Waals surface area contributed by atoms with E-state index in [0.29, 0.717) is 35.6 Å². The lowest BCUT2D eigenvalue weighted by Gasteiger charge is -2.27. The van der Waals surface area contributed by atoms with Gasteiger partial charge in [-0.2, -0.15) is 0 Å². The summed E-state index contributed by atoms with van der Waals surface area (Å²) in [6, 6.07) is 60.1. The molecular formula is C84H85F2N7O14. The molecule has 3 aliphatic carbocycles. The molecule has 0 bridgehead atoms. The van der Waals surface area contributed by atoms with Gasteiger partial charge in [0.25, 0.3) is 0 Å². The van der Waals surface area contributed by atoms with E-state index < -0.39 is 75.3 Å². The van der Waals surface area contributed by atoms with E-state index in [0.717, 1.165) is 95.2 Å². The van der Waals surface area contributed by atoms with Crippen LogP contribution < -0.4 is 36.0 Å². The Kier molecular flexibility index (Phi) is 23.9. The lowest BCUT2D eigenvalue weighted by molar-refractivity contribution is -0.149. The molecule has 21 nitrogen and oxygen atoms in total. The van der Waals surface area contributed by atoms with Gasteiger partial charge in [0.15, 0.2) is 23.1 Å². The number of pyridine rings is 2. The van der Waals surface area contributed by atoms with Gasteiger partial charge in [0, 0.05) is 52.7 Å². The lowest BCUT2D eigenvalue weighted by Crippen LogP contribution is -2.42. The first-order valence-corrected chi connectivity index (χ1v) is 35.8. The number of aromatic nitrogens is 2. The number of fused-ring (bicyclic) bond motifs is 3. The molecule has 4 aliphatic rings. The Balaban J connectivity index is 0.000000154. The second kappa shape index (κ2) is 33.9. The highest BCUT2D eigenvalue weighted by Gasteiger charge is 2.67. The number of ether oxygens (including phenoxy) is 5. The number of nitrogens with zero attached hydrogens (tertiary/aromatic N) is 3. The van der Waals surface area contributed by atoms with Crippen molar-refractivity contribution >= 4 is 68.1 Å². The highest BCUT2D eigenvalue weighted by Crippen LogP contribution is 2.58. The number of carbonyl (C=O) groups is 6. The van der Waals surface area contributed by atoms with Crippen molar-refractivity contribution in [2.24, 2.45) is 28.6 Å². The second-order valence-corrected chi connectivity index (χ2v) is 27.5. The first kappa shape index (κ1) is 75.4. The number of hydrogen-bond donors (Lipinski definition) is 7. The number of hydrogen-bond acceptors (Lipinski definition) is 17. The fourth-order valence-corrected chi connectivity index (χ4v) is 14.8. The van der Waals surface area contributed by atoms with Crippen molar-refractivity contribution in [1.29, 1.82) is 0 Å². The number of hydroxylamine groups is 3. The number of esters is 2. The van der Waals surface area contributed by atoms with E-state index in [2.05, 4.69) is 39.5 Å². The van der Waals surface area contributed by atoms with Crippen LogP contribution >= 0.6 is 0 Å². The van der Waals surface area contributed by atoms with Gasteiger partial charge in [-0.25, -0.2) is 30.2 Å². The van der Waals surface area contributed by atoms with Crippen LogP contribution in [0.15, 0.2) is 194 Å². The van der Waals surface area contributed by atoms with Crippen LogP contribution in [0, 0.1) is 40.2 Å². The maximum absolute atomic E-state index is 15.4. The predicted octanol–water partition coefficient (Wildman–Crippen LogP) is 12.4. The SMILES string of the molecule is CCc1cc(COc2ccc(C[C@]3(C(=O)OC)C[C@@H]3C(=O)NO)cc2F)c2ccccc2n1.COC(=O)[C@]1(c2cccc(OCCc3cccc4ccccc34)c2)C[C@H]1C(=O)NO.O=C(NO)[C@H]1C[C@]1(Cc1ccc(OCc2cc(-c3ccccc3)nc3ccccc23)c(F)c1)C(=O)NCCN1CCCCC1. The van der Waals surface area contributed by atoms with Crippen molar-refractivity contribution in [3.05, 3.63) is 245 Å². The topological polar surface area (TPSA) is 286 Å². The van der Waals surface area contributed by atoms with Crippen molar-refractivity contribution in [2.75, 3.05) is 47.0 Å². The van der Waals surface area contributed by atoms with Crippen molar-refractivity contribution in [1.82, 2.24) is 36.6 Å². The van der Waals surface area contributed by atoms with E-state index >= 15 is 4.39 Å². The number of rotatable bonds is 26. The molecule has 8 aromatic carbocycles. The van der Waals surface area contributed by atoms with Crippen molar-refractivity contribution < 1.29 is 76.9 Å². The minimum absolute atomic E-state index is 0.0882. The summed E-state index contributed by atoms with van der Waals surface area (Å²) in [7, 11) is 2.53. The molecule has 14 rings (SSSR count). The minimum Gasteiger partial charge on any atom is -0.493 e. The number of aryl methyl sites for hydroxylation is 1. The number of amides is 4. The largest absolute Gasteiger partial charge is 0.493 e. The molecule has 0 unspecified atom stereocenters. The monoisotopic (exact) mass is 1450 g/mol. The molecule has 6 atom stereocenters. The van der Waals surface area contributed by atoms with E-state index in [1.54, 1.807) is 52.8 Å². The summed E-state index contributed by atoms with van der Waals surface area (Å²) in [4.78, 5) is 85.8. The number of nitrogens with one attached hydrogen (secondary N) is 4. The molecule has 554 valence electrons. The summed E-state index contributed by atoms with van der Waals surface area (Å²) >= 11 is 0. The maximum atomic E-state index is 15.4. The first-order valence-electron chi connectivity index (χ1n) is 35.8. The minimum atomic E-state index is -1.11. The van der Waals surface area contributed by atoms with Crippen LogP contribution in [0.1, 0.15) is 84.5 Å². The van der Waals surface area contributed by atoms with Gasteiger partial charge >= 0.3 is 11.9 Å². The van der Waals surface area contributed by atoms with Gasteiger partial charge in [0.1, 0.15) is 24.4 Å². The molecule has 7 N–H and O–H groups in total. The van der Waals surface area contributed by atoms with Crippen LogP contribution in [-0.4, -0.2) is 113 Å². The smallest absolute Gasteiger partial charge is 0.317 e. The van der Waals surface area contributed by atoms with Crippen LogP contribution in [0.25, 0.3) is 43.8 Å². The quantitative estimate of drug-likeness (QED) is 0.0151. The molecular weight excluding hydrogens is 1370 g/mol. The number of carbonyl (C=O) groups excluding carboxylic acids is 6. The van der Waals surface area contributed by atoms with E-state index in [1.807, 2.05) is 122 Å². The van der Waals surface area contributed by atoms with Gasteiger partial charge in [-0.3, -0.25) is 49.4 Å². The van der Waals surface area contributed by atoms with Crippen LogP contribution in [0.2, 0.25) is 0 Å². The third-order valence-corrected chi connectivity index (χ3v) is 20.9. The molecule has 23 heteroatoms. The van der Waals surface area contributed by atoms with Gasteiger partial charge in [-0.15, -0.1) is 0 Å². The second-order valence-electron chi connectivity index (χ2n) is 27.5. The average Bonchev–Trinajstić information content (AvgIpc) is 1.56. The van der Waals surface area contributed by atoms with Crippen molar-refractivity contribution in [2.45, 2.75) is 89.8 Å². The number of halogens is 2. The molecule has 4 amide bonds. The summed E-state index contributed by atoms with van der Waals surface area (Å²) in [5, 5.41) is 34.4. The molecule has 0 spiro atoms. The fraction of sp³-hybridized carbons (Fsp3) is 0.310. The third kappa shape index (κ3) is 17.0. The lowest BCUT2D eigenvalue weighted by atomic mass is 9.92. The number of benzene rings is 8.